The van der Waals surface area contributed by atoms with Crippen LogP contribution in [0.25, 0.3) is 0 Å². The number of fused-ring (bicyclic) bond motifs is 2. The van der Waals surface area contributed by atoms with Crippen molar-refractivity contribution in [3.8, 4) is 5.88 Å². The molecule has 178 valence electrons. The number of aromatic nitrogens is 2. The van der Waals surface area contributed by atoms with Crippen LogP contribution in [0.5, 0.6) is 5.88 Å². The monoisotopic (exact) mass is 513 g/mol. The van der Waals surface area contributed by atoms with Crippen LogP contribution >= 0.6 is 23.2 Å². The zero-order valence-corrected chi connectivity index (χ0v) is 20.5. The maximum Gasteiger partial charge on any atom is 0.263 e. The first-order valence-electron chi connectivity index (χ1n) is 10.5. The number of halogens is 2. The minimum atomic E-state index is -3.79. The molecular weight excluding hydrogens is 489 g/mol. The minimum Gasteiger partial charge on any atom is -0.460 e. The van der Waals surface area contributed by atoms with Gasteiger partial charge >= 0.3 is 0 Å². The van der Waals surface area contributed by atoms with Gasteiger partial charge in [-0.25, -0.2) is 23.5 Å². The lowest BCUT2D eigenvalue weighted by molar-refractivity contribution is -0.135. The van der Waals surface area contributed by atoms with Gasteiger partial charge in [-0.05, 0) is 57.7 Å². The number of carbonyl (C=O) groups is 1. The number of sulfonamides is 1. The van der Waals surface area contributed by atoms with Crippen LogP contribution < -0.4 is 20.1 Å². The number of nitrogens with two attached hydrogens (primary N) is 1. The van der Waals surface area contributed by atoms with Crippen molar-refractivity contribution in [1.29, 1.82) is 0 Å². The molecule has 2 unspecified atom stereocenters. The fourth-order valence-electron chi connectivity index (χ4n) is 4.49. The van der Waals surface area contributed by atoms with Crippen molar-refractivity contribution in [2.75, 3.05) is 4.90 Å². The van der Waals surface area contributed by atoms with Crippen LogP contribution in [0.4, 0.5) is 5.82 Å². The fourth-order valence-corrected chi connectivity index (χ4v) is 5.36. The molecule has 4 rings (SSSR count). The van der Waals surface area contributed by atoms with Gasteiger partial charge in [0.05, 0.1) is 5.02 Å². The largest absolute Gasteiger partial charge is 0.460 e. The highest BCUT2D eigenvalue weighted by Gasteiger charge is 2.43. The molecule has 0 spiro atoms. The molecule has 2 aromatic heterocycles. The van der Waals surface area contributed by atoms with E-state index in [-0.39, 0.29) is 39.8 Å². The molecule has 0 aliphatic carbocycles. The summed E-state index contributed by atoms with van der Waals surface area (Å²) in [5.74, 6) is 0.598. The van der Waals surface area contributed by atoms with Gasteiger partial charge in [0.15, 0.2) is 5.60 Å². The molecule has 2 aromatic rings. The summed E-state index contributed by atoms with van der Waals surface area (Å²) in [6, 6.07) is 5.03. The lowest BCUT2D eigenvalue weighted by Crippen LogP contribution is -2.55. The smallest absolute Gasteiger partial charge is 0.263 e. The quantitative estimate of drug-likeness (QED) is 0.607. The number of pyridine rings is 2. The predicted octanol–water partition coefficient (Wildman–Crippen LogP) is 2.90. The van der Waals surface area contributed by atoms with Gasteiger partial charge in [0, 0.05) is 30.5 Å². The van der Waals surface area contributed by atoms with Crippen molar-refractivity contribution >= 4 is 45.0 Å². The van der Waals surface area contributed by atoms with Crippen LogP contribution in [0.3, 0.4) is 0 Å². The topological polar surface area (TPSA) is 128 Å². The Morgan fingerprint density at radius 3 is 2.39 bits per heavy atom. The number of nitrogens with zero attached hydrogens (tertiary/aromatic N) is 3. The average molecular weight is 514 g/mol. The maximum absolute atomic E-state index is 13.0. The number of hydrogen-bond acceptors (Lipinski definition) is 7. The second kappa shape index (κ2) is 8.90. The van der Waals surface area contributed by atoms with Crippen molar-refractivity contribution in [2.45, 2.75) is 68.2 Å². The second-order valence-electron chi connectivity index (χ2n) is 8.88. The van der Waals surface area contributed by atoms with Crippen LogP contribution in [0.2, 0.25) is 10.0 Å². The second-order valence-corrected chi connectivity index (χ2v) is 11.3. The first-order chi connectivity index (χ1) is 15.4. The number of nitrogens with one attached hydrogen (secondary N) is 1. The molecule has 4 heterocycles. The van der Waals surface area contributed by atoms with Gasteiger partial charge < -0.3 is 15.0 Å². The number of primary sulfonamides is 1. The highest BCUT2D eigenvalue weighted by Crippen LogP contribution is 2.39. The Bertz CT molecular complexity index is 1150. The molecule has 3 N–H and O–H groups in total. The Kier molecular flexibility index (Phi) is 6.47. The summed E-state index contributed by atoms with van der Waals surface area (Å²) in [4.78, 5) is 23.6. The van der Waals surface area contributed by atoms with E-state index in [9.17, 15) is 13.2 Å². The molecule has 2 bridgehead atoms. The molecular formula is C21H25Cl2N5O4S. The molecule has 0 aromatic carbocycles. The Morgan fingerprint density at radius 1 is 1.18 bits per heavy atom. The van der Waals surface area contributed by atoms with E-state index in [4.69, 9.17) is 33.1 Å². The molecule has 2 saturated heterocycles. The minimum absolute atomic E-state index is 0.0155. The standard InChI is InChI=1S/C21H25Cl2N5O4S/c1-21(2,32-19-17(23)7-12(22)10-26-19)20(29)27-13-8-14-3-4-15(9-13)28(14)18-6-5-16(11-25-18)33(24,30)31/h5-7,10-11,13-15H,3-4,8-9H2,1-2H3,(H,27,29)(H2,24,30,31). The van der Waals surface area contributed by atoms with E-state index in [1.54, 1.807) is 19.9 Å². The van der Waals surface area contributed by atoms with E-state index in [2.05, 4.69) is 20.2 Å². The van der Waals surface area contributed by atoms with Crippen LogP contribution in [-0.4, -0.2) is 48.0 Å². The molecule has 9 nitrogen and oxygen atoms in total. The third-order valence-electron chi connectivity index (χ3n) is 6.05. The molecule has 2 atom stereocenters. The van der Waals surface area contributed by atoms with Crippen LogP contribution in [0.15, 0.2) is 35.5 Å². The highest BCUT2D eigenvalue weighted by molar-refractivity contribution is 7.89. The molecule has 12 heteroatoms. The summed E-state index contributed by atoms with van der Waals surface area (Å²) in [6.45, 7) is 3.32. The summed E-state index contributed by atoms with van der Waals surface area (Å²) in [5, 5.41) is 8.89. The highest BCUT2D eigenvalue weighted by atomic mass is 35.5. The van der Waals surface area contributed by atoms with Gasteiger partial charge in [0.2, 0.25) is 15.9 Å². The summed E-state index contributed by atoms with van der Waals surface area (Å²) < 4.78 is 28.8. The van der Waals surface area contributed by atoms with E-state index in [0.717, 1.165) is 25.7 Å². The van der Waals surface area contributed by atoms with Crippen molar-refractivity contribution in [1.82, 2.24) is 15.3 Å². The normalized spacial score (nSPS) is 22.8. The van der Waals surface area contributed by atoms with E-state index < -0.39 is 15.6 Å². The Morgan fingerprint density at radius 2 is 1.85 bits per heavy atom. The molecule has 33 heavy (non-hydrogen) atoms. The van der Waals surface area contributed by atoms with Crippen LogP contribution in [0, 0.1) is 0 Å². The van der Waals surface area contributed by atoms with Crippen LogP contribution in [-0.2, 0) is 14.8 Å². The number of carbonyl (C=O) groups excluding carboxylic acids is 1. The number of anilines is 1. The van der Waals surface area contributed by atoms with E-state index in [1.165, 1.54) is 24.5 Å². The average Bonchev–Trinajstić information content (AvgIpc) is 3.00. The Labute approximate surface area is 202 Å². The van der Waals surface area contributed by atoms with Gasteiger partial charge in [-0.2, -0.15) is 0 Å². The van der Waals surface area contributed by atoms with Gasteiger partial charge in [-0.1, -0.05) is 23.2 Å². The number of hydrogen-bond donors (Lipinski definition) is 2. The number of ether oxygens (including phenoxy) is 1. The fraction of sp³-hybridized carbons (Fsp3) is 0.476. The first kappa shape index (κ1) is 24.0. The summed E-state index contributed by atoms with van der Waals surface area (Å²) >= 11 is 12.0. The lowest BCUT2D eigenvalue weighted by atomic mass is 9.96. The Hall–Kier alpha value is -2.14. The SMILES string of the molecule is CC(C)(Oc1ncc(Cl)cc1Cl)C(=O)NC1CC2CCC(C1)N2c1ccc(S(N)(=O)=O)cn1. The van der Waals surface area contributed by atoms with E-state index in [1.807, 2.05) is 0 Å². The van der Waals surface area contributed by atoms with E-state index in [0.29, 0.717) is 10.8 Å². The number of rotatable bonds is 6. The molecule has 0 saturated carbocycles. The predicted molar refractivity (Wildman–Crippen MR) is 125 cm³/mol. The first-order valence-corrected chi connectivity index (χ1v) is 12.8. The zero-order valence-electron chi connectivity index (χ0n) is 18.2. The maximum atomic E-state index is 13.0. The number of amides is 1. The summed E-state index contributed by atoms with van der Waals surface area (Å²) in [5.41, 5.74) is -1.19. The zero-order chi connectivity index (χ0) is 24.0. The van der Waals surface area contributed by atoms with Gasteiger partial charge in [-0.3, -0.25) is 4.79 Å². The molecule has 2 aliphatic rings. The molecule has 2 fully saturated rings. The molecule has 1 amide bonds. The molecule has 2 aliphatic heterocycles. The molecule has 0 radical (unpaired) electrons. The lowest BCUT2D eigenvalue weighted by Gasteiger charge is -2.40. The number of piperidine rings is 1. The third-order valence-corrected chi connectivity index (χ3v) is 7.43. The summed E-state index contributed by atoms with van der Waals surface area (Å²) in [6.07, 6.45) is 6.13. The van der Waals surface area contributed by atoms with Crippen molar-refractivity contribution in [3.63, 3.8) is 0 Å². The van der Waals surface area contributed by atoms with Crippen molar-refractivity contribution < 1.29 is 17.9 Å². The van der Waals surface area contributed by atoms with Crippen molar-refractivity contribution in [2.24, 2.45) is 5.14 Å². The summed E-state index contributed by atoms with van der Waals surface area (Å²) in [7, 11) is -3.79. The van der Waals surface area contributed by atoms with Gasteiger partial charge in [-0.15, -0.1) is 0 Å². The third kappa shape index (κ3) is 5.18. The van der Waals surface area contributed by atoms with Crippen molar-refractivity contribution in [3.05, 3.63) is 40.6 Å². The van der Waals surface area contributed by atoms with Gasteiger partial charge in [0.25, 0.3) is 5.91 Å². The van der Waals surface area contributed by atoms with Crippen LogP contribution in [0.1, 0.15) is 39.5 Å². The van der Waals surface area contributed by atoms with Gasteiger partial charge in [0.1, 0.15) is 15.7 Å². The van der Waals surface area contributed by atoms with E-state index >= 15 is 0 Å². The Balaban J connectivity index is 1.41.